The fourth-order valence-corrected chi connectivity index (χ4v) is 0.748. The lowest BCUT2D eigenvalue weighted by Crippen LogP contribution is -2.06. The van der Waals surface area contributed by atoms with E-state index in [0.717, 1.165) is 6.54 Å². The smallest absolute Gasteiger partial charge is 0.0277 e. The first kappa shape index (κ1) is 22.1. The Bertz CT molecular complexity index is 169. The lowest BCUT2D eigenvalue weighted by atomic mass is 10.3. The molecule has 0 aromatic rings. The van der Waals surface area contributed by atoms with Crippen molar-refractivity contribution in [3.05, 3.63) is 36.5 Å². The lowest BCUT2D eigenvalue weighted by molar-refractivity contribution is 0.711. The summed E-state index contributed by atoms with van der Waals surface area (Å²) < 4.78 is 0. The van der Waals surface area contributed by atoms with Crippen LogP contribution in [0, 0.1) is 0 Å². The van der Waals surface area contributed by atoms with E-state index in [9.17, 15) is 0 Å². The molecule has 0 rings (SSSR count). The highest BCUT2D eigenvalue weighted by molar-refractivity contribution is 5.70. The highest BCUT2D eigenvalue weighted by Gasteiger charge is 1.73. The molecule has 0 saturated heterocycles. The molecule has 0 aliphatic carbocycles. The van der Waals surface area contributed by atoms with Gasteiger partial charge in [0.2, 0.25) is 0 Å². The van der Waals surface area contributed by atoms with Gasteiger partial charge in [-0.05, 0) is 46.9 Å². The summed E-state index contributed by atoms with van der Waals surface area (Å²) in [7, 11) is 3.73. The number of nitrogens with one attached hydrogen (secondary N) is 1. The van der Waals surface area contributed by atoms with E-state index in [0.29, 0.717) is 0 Å². The monoisotopic (exact) mass is 252 g/mol. The van der Waals surface area contributed by atoms with E-state index in [4.69, 9.17) is 0 Å². The molecular weight excluding hydrogens is 220 g/mol. The third-order valence-electron chi connectivity index (χ3n) is 1.70. The van der Waals surface area contributed by atoms with E-state index in [1.165, 1.54) is 12.8 Å². The van der Waals surface area contributed by atoms with Crippen LogP contribution in [0.15, 0.2) is 41.4 Å². The Morgan fingerprint density at radius 2 is 1.44 bits per heavy atom. The van der Waals surface area contributed by atoms with Crippen molar-refractivity contribution in [1.82, 2.24) is 5.32 Å². The number of hydrogen-bond donors (Lipinski definition) is 1. The third kappa shape index (κ3) is 46.2. The van der Waals surface area contributed by atoms with Gasteiger partial charge in [-0.1, -0.05) is 43.7 Å². The van der Waals surface area contributed by atoms with Crippen LogP contribution in [0.5, 0.6) is 0 Å². The van der Waals surface area contributed by atoms with Crippen LogP contribution in [-0.2, 0) is 0 Å². The van der Waals surface area contributed by atoms with Crippen molar-refractivity contribution in [2.24, 2.45) is 4.99 Å². The molecule has 2 heteroatoms. The molecule has 0 aliphatic rings. The number of allylic oxidation sites excluding steroid dienone is 6. The Morgan fingerprint density at radius 3 is 1.61 bits per heavy atom. The molecule has 0 aromatic carbocycles. The fourth-order valence-electron chi connectivity index (χ4n) is 0.748. The maximum atomic E-state index is 3.71. The Kier molecular flexibility index (Phi) is 36.4. The quantitative estimate of drug-likeness (QED) is 0.437. The lowest BCUT2D eigenvalue weighted by Gasteiger charge is -1.89. The summed E-state index contributed by atoms with van der Waals surface area (Å²) in [5, 5.41) is 3.07. The molecule has 0 heterocycles. The first-order chi connectivity index (χ1) is 8.74. The van der Waals surface area contributed by atoms with Crippen LogP contribution in [0.2, 0.25) is 0 Å². The van der Waals surface area contributed by atoms with Gasteiger partial charge >= 0.3 is 0 Å². The summed E-state index contributed by atoms with van der Waals surface area (Å²) in [4.78, 5) is 3.71. The molecule has 0 radical (unpaired) electrons. The van der Waals surface area contributed by atoms with Gasteiger partial charge in [0.1, 0.15) is 0 Å². The molecule has 0 aromatic heterocycles. The van der Waals surface area contributed by atoms with Crippen LogP contribution < -0.4 is 5.32 Å². The molecule has 2 nitrogen and oxygen atoms in total. The Hall–Kier alpha value is -1.15. The minimum Gasteiger partial charge on any atom is -0.320 e. The zero-order valence-electron chi connectivity index (χ0n) is 13.1. The van der Waals surface area contributed by atoms with Gasteiger partial charge in [-0.3, -0.25) is 4.99 Å². The van der Waals surface area contributed by atoms with E-state index in [-0.39, 0.29) is 0 Å². The summed E-state index contributed by atoms with van der Waals surface area (Å²) in [5.74, 6) is 0. The van der Waals surface area contributed by atoms with E-state index >= 15 is 0 Å². The van der Waals surface area contributed by atoms with Crippen molar-refractivity contribution >= 4 is 6.21 Å². The van der Waals surface area contributed by atoms with Crippen LogP contribution in [0.1, 0.15) is 40.5 Å². The Morgan fingerprint density at radius 1 is 0.944 bits per heavy atom. The van der Waals surface area contributed by atoms with Gasteiger partial charge in [-0.15, -0.1) is 0 Å². The molecule has 0 amide bonds. The minimum atomic E-state index is 1.16. The maximum Gasteiger partial charge on any atom is 0.0277 e. The zero-order valence-corrected chi connectivity index (χ0v) is 13.1. The first-order valence-electron chi connectivity index (χ1n) is 6.66. The van der Waals surface area contributed by atoms with Crippen molar-refractivity contribution in [3.8, 4) is 0 Å². The normalized spacial score (nSPS) is 10.8. The molecule has 0 saturated carbocycles. The van der Waals surface area contributed by atoms with Crippen LogP contribution in [-0.4, -0.2) is 26.9 Å². The summed E-state index contributed by atoms with van der Waals surface area (Å²) in [6.07, 6.45) is 16.2. The molecule has 0 bridgehead atoms. The number of aliphatic imine (C=N–C) groups is 1. The highest BCUT2D eigenvalue weighted by atomic mass is 14.8. The number of hydrogen-bond acceptors (Lipinski definition) is 2. The van der Waals surface area contributed by atoms with E-state index in [1.807, 2.05) is 64.3 Å². The molecule has 0 atom stereocenters. The van der Waals surface area contributed by atoms with Crippen molar-refractivity contribution in [2.45, 2.75) is 40.5 Å². The molecule has 1 N–H and O–H groups in total. The first-order valence-corrected chi connectivity index (χ1v) is 6.66. The highest BCUT2D eigenvalue weighted by Crippen LogP contribution is 1.79. The second-order valence-corrected chi connectivity index (χ2v) is 3.44. The number of rotatable bonds is 5. The van der Waals surface area contributed by atoms with E-state index in [1.54, 1.807) is 13.3 Å². The molecule has 106 valence electrons. The Labute approximate surface area is 115 Å². The zero-order chi connectivity index (χ0) is 14.5. The van der Waals surface area contributed by atoms with Gasteiger partial charge in [-0.2, -0.15) is 0 Å². The standard InChI is InChI=1S/C6H10.C5H13N.C5H9N/c1-3-5-6-4-2;2*1-3-4-5-6-2/h3-6H,1-2H3;6H,3-5H2,1-2H3;3-5H,1-2H3/b5-3-,6-4-;;4-3-,6-5?. The second kappa shape index (κ2) is 29.7. The summed E-state index contributed by atoms with van der Waals surface area (Å²) in [6.45, 7) is 9.32. The largest absolute Gasteiger partial charge is 0.320 e. The number of nitrogens with zero attached hydrogens (tertiary/aromatic N) is 1. The maximum absolute atomic E-state index is 3.71. The molecule has 0 unspecified atom stereocenters. The van der Waals surface area contributed by atoms with Crippen molar-refractivity contribution < 1.29 is 0 Å². The van der Waals surface area contributed by atoms with Gasteiger partial charge in [0.05, 0.1) is 0 Å². The minimum absolute atomic E-state index is 1.16. The van der Waals surface area contributed by atoms with Crippen LogP contribution >= 0.6 is 0 Å². The van der Waals surface area contributed by atoms with Crippen molar-refractivity contribution in [1.29, 1.82) is 0 Å². The number of unbranched alkanes of at least 4 members (excludes halogenated alkanes) is 1. The summed E-state index contributed by atoms with van der Waals surface area (Å²) >= 11 is 0. The molecule has 0 spiro atoms. The Balaban J connectivity index is -0.000000187. The average molecular weight is 252 g/mol. The molecular formula is C16H32N2. The predicted octanol–water partition coefficient (Wildman–Crippen LogP) is 4.41. The van der Waals surface area contributed by atoms with Gasteiger partial charge in [0, 0.05) is 13.3 Å². The summed E-state index contributed by atoms with van der Waals surface area (Å²) in [6, 6.07) is 0. The predicted molar refractivity (Wildman–Crippen MR) is 87.7 cm³/mol. The molecule has 0 fully saturated rings. The van der Waals surface area contributed by atoms with Crippen molar-refractivity contribution in [3.63, 3.8) is 0 Å². The van der Waals surface area contributed by atoms with Crippen LogP contribution in [0.25, 0.3) is 0 Å². The van der Waals surface area contributed by atoms with Gasteiger partial charge < -0.3 is 5.32 Å². The second-order valence-electron chi connectivity index (χ2n) is 3.44. The molecule has 18 heavy (non-hydrogen) atoms. The van der Waals surface area contributed by atoms with Gasteiger partial charge in [-0.25, -0.2) is 0 Å². The third-order valence-corrected chi connectivity index (χ3v) is 1.70. The van der Waals surface area contributed by atoms with Crippen LogP contribution in [0.4, 0.5) is 0 Å². The van der Waals surface area contributed by atoms with E-state index < -0.39 is 0 Å². The van der Waals surface area contributed by atoms with Crippen molar-refractivity contribution in [2.75, 3.05) is 20.6 Å². The summed E-state index contributed by atoms with van der Waals surface area (Å²) in [5.41, 5.74) is 0. The van der Waals surface area contributed by atoms with E-state index in [2.05, 4.69) is 17.2 Å². The SMILES string of the molecule is C/C=C\C=C/C.C/C=C\C=NC.CCCCNC. The topological polar surface area (TPSA) is 24.4 Å². The average Bonchev–Trinajstić information content (AvgIpc) is 2.42. The van der Waals surface area contributed by atoms with Gasteiger partial charge in [0.25, 0.3) is 0 Å². The fraction of sp³-hybridized carbons (Fsp3) is 0.562. The molecule has 0 aliphatic heterocycles. The van der Waals surface area contributed by atoms with Crippen LogP contribution in [0.3, 0.4) is 0 Å². The van der Waals surface area contributed by atoms with Gasteiger partial charge in [0.15, 0.2) is 0 Å².